The SMILES string of the molecule is [C-]#[N+]c1c(N2c3ccc(-c4c(C)cccc4C)cc3N(c3ccccc3)c3cc(-c4c(C)cccc4C)ccc32)c(C#N)c2c(c1[N+](=O)[O-])C(F)(F)CC2(F)F. The van der Waals surface area contributed by atoms with Crippen molar-refractivity contribution in [3.63, 3.8) is 0 Å². The van der Waals surface area contributed by atoms with Crippen LogP contribution >= 0.6 is 0 Å². The summed E-state index contributed by atoms with van der Waals surface area (Å²) in [7, 11) is 0. The Morgan fingerprint density at radius 2 is 1.18 bits per heavy atom. The molecule has 0 fully saturated rings. The van der Waals surface area contributed by atoms with Crippen LogP contribution in [0, 0.1) is 55.7 Å². The summed E-state index contributed by atoms with van der Waals surface area (Å²) in [6, 6.07) is 33.8. The standard InChI is InChI=1S/C45H31F4N5O2/c1-25-11-9-12-26(2)37(25)29-17-19-33-35(21-29)52(31-15-7-6-8-16-31)36-22-30(38-27(3)13-10-14-28(38)4)18-20-34(36)53(33)42-32(23-50)39-40(43(54(55)56)41(42)51-5)45(48,49)24-44(39,46)47/h6-22H,24H2,1-4H3. The van der Waals surface area contributed by atoms with Gasteiger partial charge in [-0.3, -0.25) is 10.1 Å². The van der Waals surface area contributed by atoms with Crippen LogP contribution in [0.2, 0.25) is 0 Å². The van der Waals surface area contributed by atoms with E-state index in [1.807, 2.05) is 124 Å². The van der Waals surface area contributed by atoms with Gasteiger partial charge in [-0.2, -0.15) is 5.26 Å². The average molecular weight is 750 g/mol. The first-order valence-corrected chi connectivity index (χ1v) is 17.7. The summed E-state index contributed by atoms with van der Waals surface area (Å²) in [6.07, 6.45) is -2.07. The minimum atomic E-state index is -4.38. The third kappa shape index (κ3) is 5.30. The second kappa shape index (κ2) is 12.8. The van der Waals surface area contributed by atoms with Crippen molar-refractivity contribution < 1.29 is 22.5 Å². The van der Waals surface area contributed by atoms with Crippen molar-refractivity contribution in [2.45, 2.75) is 46.0 Å². The van der Waals surface area contributed by atoms with Gasteiger partial charge in [-0.25, -0.2) is 22.4 Å². The zero-order chi connectivity index (χ0) is 39.8. The topological polar surface area (TPSA) is 77.8 Å². The largest absolute Gasteiger partial charge is 0.315 e. The zero-order valence-electron chi connectivity index (χ0n) is 30.6. The van der Waals surface area contributed by atoms with Crippen molar-refractivity contribution >= 4 is 45.5 Å². The molecule has 0 atom stereocenters. The van der Waals surface area contributed by atoms with E-state index >= 15 is 17.6 Å². The van der Waals surface area contributed by atoms with Crippen LogP contribution < -0.4 is 9.80 Å². The molecule has 0 aromatic heterocycles. The molecule has 1 heterocycles. The second-order valence-corrected chi connectivity index (χ2v) is 14.2. The van der Waals surface area contributed by atoms with Gasteiger partial charge in [0.15, 0.2) is 0 Å². The third-order valence-corrected chi connectivity index (χ3v) is 10.7. The van der Waals surface area contributed by atoms with Crippen LogP contribution in [0.1, 0.15) is 45.4 Å². The number of nitro benzene ring substituents is 1. The first-order valence-electron chi connectivity index (χ1n) is 17.7. The molecule has 8 rings (SSSR count). The van der Waals surface area contributed by atoms with Crippen LogP contribution in [0.4, 0.5) is 63.1 Å². The smallest absolute Gasteiger partial charge is 0.290 e. The number of anilines is 6. The molecule has 0 saturated carbocycles. The van der Waals surface area contributed by atoms with Crippen molar-refractivity contribution in [1.82, 2.24) is 0 Å². The Kier molecular flexibility index (Phi) is 8.24. The highest BCUT2D eigenvalue weighted by Gasteiger charge is 2.62. The molecule has 276 valence electrons. The van der Waals surface area contributed by atoms with Gasteiger partial charge in [-0.05, 0) is 109 Å². The van der Waals surface area contributed by atoms with Gasteiger partial charge in [0, 0.05) is 5.69 Å². The minimum Gasteiger partial charge on any atom is -0.315 e. The molecule has 0 unspecified atom stereocenters. The third-order valence-electron chi connectivity index (χ3n) is 10.7. The summed E-state index contributed by atoms with van der Waals surface area (Å²) in [4.78, 5) is 18.2. The molecule has 1 aliphatic heterocycles. The monoisotopic (exact) mass is 749 g/mol. The first kappa shape index (κ1) is 36.0. The van der Waals surface area contributed by atoms with E-state index in [0.29, 0.717) is 17.1 Å². The summed E-state index contributed by atoms with van der Waals surface area (Å²) in [6.45, 7) is 16.1. The van der Waals surface area contributed by atoms with Gasteiger partial charge in [0.1, 0.15) is 6.07 Å². The summed E-state index contributed by atoms with van der Waals surface area (Å²) >= 11 is 0. The predicted molar refractivity (Wildman–Crippen MR) is 209 cm³/mol. The Hall–Kier alpha value is -6.98. The number of aryl methyl sites for hydroxylation is 4. The van der Waals surface area contributed by atoms with E-state index in [2.05, 4.69) is 4.85 Å². The van der Waals surface area contributed by atoms with Crippen LogP contribution in [0.5, 0.6) is 0 Å². The molecule has 0 amide bonds. The molecular weight excluding hydrogens is 719 g/mol. The number of fused-ring (bicyclic) bond motifs is 3. The number of nitriles is 1. The molecule has 6 aromatic rings. The fourth-order valence-electron chi connectivity index (χ4n) is 8.49. The number of nitro groups is 1. The molecule has 0 bridgehead atoms. The maximum atomic E-state index is 15.9. The summed E-state index contributed by atoms with van der Waals surface area (Å²) in [5.41, 5.74) is 2.76. The number of rotatable bonds is 5. The van der Waals surface area contributed by atoms with Gasteiger partial charge in [0.25, 0.3) is 23.2 Å². The molecule has 0 N–H and O–H groups in total. The molecule has 11 heteroatoms. The van der Waals surface area contributed by atoms with Crippen LogP contribution in [0.15, 0.2) is 103 Å². The van der Waals surface area contributed by atoms with Crippen LogP contribution in [0.25, 0.3) is 27.1 Å². The van der Waals surface area contributed by atoms with Crippen LogP contribution in [-0.2, 0) is 11.8 Å². The molecule has 7 nitrogen and oxygen atoms in total. The number of benzene rings is 6. The van der Waals surface area contributed by atoms with E-state index in [0.717, 1.165) is 44.5 Å². The van der Waals surface area contributed by atoms with Crippen molar-refractivity contribution in [2.75, 3.05) is 9.80 Å². The van der Waals surface area contributed by atoms with Crippen molar-refractivity contribution in [3.05, 3.63) is 164 Å². The molecular formula is C45H31F4N5O2. The second-order valence-electron chi connectivity index (χ2n) is 14.2. The first-order chi connectivity index (χ1) is 26.7. The van der Waals surface area contributed by atoms with E-state index < -0.39 is 56.9 Å². The van der Waals surface area contributed by atoms with E-state index in [4.69, 9.17) is 6.57 Å². The number of alkyl halides is 4. The molecule has 1 aliphatic carbocycles. The van der Waals surface area contributed by atoms with Crippen LogP contribution in [0.3, 0.4) is 0 Å². The average Bonchev–Trinajstić information content (AvgIpc) is 3.35. The summed E-state index contributed by atoms with van der Waals surface area (Å²) in [5.74, 6) is -8.70. The van der Waals surface area contributed by atoms with Gasteiger partial charge in [-0.1, -0.05) is 66.7 Å². The molecule has 56 heavy (non-hydrogen) atoms. The number of para-hydroxylation sites is 1. The Balaban J connectivity index is 1.55. The fraction of sp³-hybridized carbons (Fsp3) is 0.156. The van der Waals surface area contributed by atoms with E-state index in [-0.39, 0.29) is 11.4 Å². The summed E-state index contributed by atoms with van der Waals surface area (Å²) in [5, 5.41) is 23.4. The van der Waals surface area contributed by atoms with Gasteiger partial charge in [0.05, 0.1) is 63.0 Å². The summed E-state index contributed by atoms with van der Waals surface area (Å²) < 4.78 is 62.7. The lowest BCUT2D eigenvalue weighted by atomic mass is 9.90. The lowest BCUT2D eigenvalue weighted by Gasteiger charge is -2.42. The highest BCUT2D eigenvalue weighted by atomic mass is 19.3. The minimum absolute atomic E-state index is 0.278. The number of hydrogen-bond acceptors (Lipinski definition) is 5. The Bertz CT molecular complexity index is 2610. The molecule has 0 spiro atoms. The van der Waals surface area contributed by atoms with Gasteiger partial charge >= 0.3 is 0 Å². The highest BCUT2D eigenvalue weighted by Crippen LogP contribution is 2.65. The number of hydrogen-bond donors (Lipinski definition) is 0. The zero-order valence-corrected chi connectivity index (χ0v) is 30.6. The quantitative estimate of drug-likeness (QED) is 0.0758. The van der Waals surface area contributed by atoms with E-state index in [1.54, 1.807) is 18.2 Å². The highest BCUT2D eigenvalue weighted by molar-refractivity contribution is 6.08. The van der Waals surface area contributed by atoms with Gasteiger partial charge < -0.3 is 9.80 Å². The maximum Gasteiger partial charge on any atom is 0.290 e. The number of nitrogens with zero attached hydrogens (tertiary/aromatic N) is 5. The molecule has 0 saturated heterocycles. The van der Waals surface area contributed by atoms with Gasteiger partial charge in [-0.15, -0.1) is 0 Å². The van der Waals surface area contributed by atoms with Crippen molar-refractivity contribution in [3.8, 4) is 28.3 Å². The van der Waals surface area contributed by atoms with E-state index in [9.17, 15) is 15.4 Å². The Morgan fingerprint density at radius 3 is 1.62 bits per heavy atom. The lowest BCUT2D eigenvalue weighted by molar-refractivity contribution is -0.385. The number of halogens is 4. The molecule has 0 radical (unpaired) electrons. The predicted octanol–water partition coefficient (Wildman–Crippen LogP) is 13.4. The maximum absolute atomic E-state index is 15.9. The van der Waals surface area contributed by atoms with Crippen molar-refractivity contribution in [1.29, 1.82) is 5.26 Å². The van der Waals surface area contributed by atoms with Crippen LogP contribution in [-0.4, -0.2) is 4.92 Å². The fourth-order valence-corrected chi connectivity index (χ4v) is 8.49. The normalized spacial score (nSPS) is 14.7. The van der Waals surface area contributed by atoms with Crippen molar-refractivity contribution in [2.24, 2.45) is 0 Å². The molecule has 2 aliphatic rings. The molecule has 6 aromatic carbocycles. The Labute approximate surface area is 320 Å². The lowest BCUT2D eigenvalue weighted by Crippen LogP contribution is -2.26. The Morgan fingerprint density at radius 1 is 0.696 bits per heavy atom. The van der Waals surface area contributed by atoms with Gasteiger partial charge in [0.2, 0.25) is 0 Å². The van der Waals surface area contributed by atoms with E-state index in [1.165, 1.54) is 4.90 Å².